The van der Waals surface area contributed by atoms with Crippen LogP contribution < -0.4 is 15.4 Å². The molecule has 1 aromatic heterocycles. The molecular weight excluding hydrogens is 362 g/mol. The zero-order valence-corrected chi connectivity index (χ0v) is 15.7. The highest BCUT2D eigenvalue weighted by atomic mass is 35.5. The van der Waals surface area contributed by atoms with Crippen molar-refractivity contribution in [2.45, 2.75) is 6.42 Å². The van der Waals surface area contributed by atoms with Crippen molar-refractivity contribution in [1.29, 1.82) is 0 Å². The van der Waals surface area contributed by atoms with E-state index in [2.05, 4.69) is 15.6 Å². The fourth-order valence-corrected chi connectivity index (χ4v) is 2.69. The Kier molecular flexibility index (Phi) is 6.28. The maximum atomic E-state index is 12.4. The molecule has 0 saturated carbocycles. The Morgan fingerprint density at radius 3 is 2.67 bits per heavy atom. The van der Waals surface area contributed by atoms with Crippen LogP contribution in [0.4, 0.5) is 11.4 Å². The van der Waals surface area contributed by atoms with Crippen molar-refractivity contribution < 1.29 is 9.53 Å². The molecule has 3 aromatic rings. The predicted octanol–water partition coefficient (Wildman–Crippen LogP) is 4.65. The third-order valence-electron chi connectivity index (χ3n) is 3.98. The summed E-state index contributed by atoms with van der Waals surface area (Å²) in [7, 11) is 1.58. The van der Waals surface area contributed by atoms with Gasteiger partial charge in [0, 0.05) is 35.2 Å². The van der Waals surface area contributed by atoms with E-state index < -0.39 is 0 Å². The van der Waals surface area contributed by atoms with Gasteiger partial charge in [0.25, 0.3) is 5.91 Å². The van der Waals surface area contributed by atoms with Gasteiger partial charge in [0.05, 0.1) is 7.11 Å². The molecule has 27 heavy (non-hydrogen) atoms. The average Bonchev–Trinajstić information content (AvgIpc) is 2.70. The van der Waals surface area contributed by atoms with Gasteiger partial charge in [0.2, 0.25) is 0 Å². The maximum Gasteiger partial charge on any atom is 0.274 e. The van der Waals surface area contributed by atoms with Crippen molar-refractivity contribution in [3.05, 3.63) is 83.1 Å². The quantitative estimate of drug-likeness (QED) is 0.625. The number of methoxy groups -OCH3 is 1. The molecule has 1 heterocycles. The predicted molar refractivity (Wildman–Crippen MR) is 109 cm³/mol. The zero-order chi connectivity index (χ0) is 19.1. The van der Waals surface area contributed by atoms with Gasteiger partial charge in [-0.2, -0.15) is 0 Å². The van der Waals surface area contributed by atoms with Crippen LogP contribution in [0.25, 0.3) is 0 Å². The topological polar surface area (TPSA) is 63.2 Å². The van der Waals surface area contributed by atoms with E-state index in [9.17, 15) is 4.79 Å². The molecule has 0 fully saturated rings. The lowest BCUT2D eigenvalue weighted by Crippen LogP contribution is -2.14. The molecule has 2 aromatic carbocycles. The zero-order valence-electron chi connectivity index (χ0n) is 14.9. The highest BCUT2D eigenvalue weighted by Gasteiger charge is 2.09. The molecule has 0 atom stereocenters. The van der Waals surface area contributed by atoms with Crippen molar-refractivity contribution in [2.24, 2.45) is 0 Å². The maximum absolute atomic E-state index is 12.4. The van der Waals surface area contributed by atoms with Gasteiger partial charge in [0.1, 0.15) is 11.4 Å². The summed E-state index contributed by atoms with van der Waals surface area (Å²) in [6.45, 7) is 0.739. The van der Waals surface area contributed by atoms with Crippen LogP contribution in [0.5, 0.6) is 5.75 Å². The van der Waals surface area contributed by atoms with Crippen LogP contribution in [0.15, 0.2) is 66.9 Å². The van der Waals surface area contributed by atoms with Crippen molar-refractivity contribution >= 4 is 28.9 Å². The van der Waals surface area contributed by atoms with E-state index in [0.29, 0.717) is 17.1 Å². The van der Waals surface area contributed by atoms with Crippen LogP contribution in [-0.2, 0) is 6.42 Å². The minimum atomic E-state index is -0.274. The molecule has 0 aliphatic carbocycles. The molecule has 0 saturated heterocycles. The number of rotatable bonds is 7. The number of ether oxygens (including phenoxy) is 1. The second-order valence-electron chi connectivity index (χ2n) is 5.92. The van der Waals surface area contributed by atoms with Crippen molar-refractivity contribution in [1.82, 2.24) is 4.98 Å². The molecule has 5 nitrogen and oxygen atoms in total. The Hall–Kier alpha value is -3.05. The van der Waals surface area contributed by atoms with E-state index in [1.807, 2.05) is 42.5 Å². The summed E-state index contributed by atoms with van der Waals surface area (Å²) >= 11 is 5.90. The van der Waals surface area contributed by atoms with Gasteiger partial charge in [-0.25, -0.2) is 0 Å². The Morgan fingerprint density at radius 2 is 1.89 bits per heavy atom. The lowest BCUT2D eigenvalue weighted by Gasteiger charge is -2.09. The van der Waals surface area contributed by atoms with Crippen LogP contribution in [-0.4, -0.2) is 24.5 Å². The van der Waals surface area contributed by atoms with Gasteiger partial charge in [-0.15, -0.1) is 0 Å². The van der Waals surface area contributed by atoms with Crippen LogP contribution in [0.1, 0.15) is 16.1 Å². The number of halogens is 1. The van der Waals surface area contributed by atoms with E-state index in [0.717, 1.165) is 23.7 Å². The van der Waals surface area contributed by atoms with Crippen LogP contribution in [0, 0.1) is 0 Å². The standard InChI is InChI=1S/C21H20ClN3O2/c1-27-19-4-2-3-18(13-19)25-21(26)20-14-17(10-12-24-20)23-11-9-15-5-7-16(22)8-6-15/h2-8,10,12-14H,9,11H2,1H3,(H,23,24)(H,25,26). The first-order valence-electron chi connectivity index (χ1n) is 8.54. The number of carbonyl (C=O) groups excluding carboxylic acids is 1. The molecule has 0 bridgehead atoms. The minimum Gasteiger partial charge on any atom is -0.497 e. The number of benzene rings is 2. The summed E-state index contributed by atoms with van der Waals surface area (Å²) in [5.41, 5.74) is 3.03. The fraction of sp³-hybridized carbons (Fsp3) is 0.143. The SMILES string of the molecule is COc1cccc(NC(=O)c2cc(NCCc3ccc(Cl)cc3)ccn2)c1. The molecule has 2 N–H and O–H groups in total. The number of nitrogens with zero attached hydrogens (tertiary/aromatic N) is 1. The summed E-state index contributed by atoms with van der Waals surface area (Å²) in [5.74, 6) is 0.406. The average molecular weight is 382 g/mol. The highest BCUT2D eigenvalue weighted by molar-refractivity contribution is 6.30. The van der Waals surface area contributed by atoms with Gasteiger partial charge in [0.15, 0.2) is 0 Å². The lowest BCUT2D eigenvalue weighted by atomic mass is 10.1. The Morgan fingerprint density at radius 1 is 1.07 bits per heavy atom. The summed E-state index contributed by atoms with van der Waals surface area (Å²) in [6.07, 6.45) is 2.47. The van der Waals surface area contributed by atoms with Crippen LogP contribution in [0.3, 0.4) is 0 Å². The number of carbonyl (C=O) groups is 1. The number of hydrogen-bond acceptors (Lipinski definition) is 4. The van der Waals surface area contributed by atoms with E-state index in [-0.39, 0.29) is 5.91 Å². The minimum absolute atomic E-state index is 0.274. The monoisotopic (exact) mass is 381 g/mol. The Balaban J connectivity index is 1.58. The van der Waals surface area contributed by atoms with Crippen molar-refractivity contribution in [3.63, 3.8) is 0 Å². The largest absolute Gasteiger partial charge is 0.497 e. The highest BCUT2D eigenvalue weighted by Crippen LogP contribution is 2.18. The van der Waals surface area contributed by atoms with E-state index >= 15 is 0 Å². The van der Waals surface area contributed by atoms with E-state index in [1.165, 1.54) is 5.56 Å². The first-order chi connectivity index (χ1) is 13.1. The molecule has 138 valence electrons. The van der Waals surface area contributed by atoms with E-state index in [1.54, 1.807) is 31.5 Å². The molecule has 0 unspecified atom stereocenters. The van der Waals surface area contributed by atoms with E-state index in [4.69, 9.17) is 16.3 Å². The molecule has 3 rings (SSSR count). The van der Waals surface area contributed by atoms with Crippen molar-refractivity contribution in [3.8, 4) is 5.75 Å². The second-order valence-corrected chi connectivity index (χ2v) is 6.36. The number of pyridine rings is 1. The molecular formula is C21H20ClN3O2. The number of nitrogens with one attached hydrogen (secondary N) is 2. The molecule has 0 spiro atoms. The Labute approximate surface area is 163 Å². The fourth-order valence-electron chi connectivity index (χ4n) is 2.56. The number of aromatic nitrogens is 1. The summed E-state index contributed by atoms with van der Waals surface area (Å²) in [5, 5.41) is 6.87. The van der Waals surface area contributed by atoms with Crippen LogP contribution in [0.2, 0.25) is 5.02 Å². The van der Waals surface area contributed by atoms with Gasteiger partial charge in [-0.1, -0.05) is 29.8 Å². The van der Waals surface area contributed by atoms with Gasteiger partial charge >= 0.3 is 0 Å². The lowest BCUT2D eigenvalue weighted by molar-refractivity contribution is 0.102. The molecule has 0 aliphatic rings. The van der Waals surface area contributed by atoms with Gasteiger partial charge in [-0.05, 0) is 48.4 Å². The molecule has 0 aliphatic heterocycles. The third-order valence-corrected chi connectivity index (χ3v) is 4.23. The summed E-state index contributed by atoms with van der Waals surface area (Å²) in [6, 6.07) is 18.5. The van der Waals surface area contributed by atoms with Crippen molar-refractivity contribution in [2.75, 3.05) is 24.3 Å². The molecule has 6 heteroatoms. The van der Waals surface area contributed by atoms with Crippen LogP contribution >= 0.6 is 11.6 Å². The molecule has 1 amide bonds. The summed E-state index contributed by atoms with van der Waals surface area (Å²) in [4.78, 5) is 16.6. The number of anilines is 2. The Bertz CT molecular complexity index is 913. The second kappa shape index (κ2) is 9.05. The van der Waals surface area contributed by atoms with Gasteiger partial charge < -0.3 is 15.4 Å². The molecule has 0 radical (unpaired) electrons. The normalized spacial score (nSPS) is 10.3. The number of amides is 1. The first-order valence-corrected chi connectivity index (χ1v) is 8.91. The smallest absolute Gasteiger partial charge is 0.274 e. The van der Waals surface area contributed by atoms with Gasteiger partial charge in [-0.3, -0.25) is 9.78 Å². The third kappa shape index (κ3) is 5.46. The number of hydrogen-bond donors (Lipinski definition) is 2. The first kappa shape index (κ1) is 18.7. The summed E-state index contributed by atoms with van der Waals surface area (Å²) < 4.78 is 5.16.